The molecule has 0 spiro atoms. The number of benzene rings is 3. The van der Waals surface area contributed by atoms with Gasteiger partial charge in [0.1, 0.15) is 11.4 Å². The maximum absolute atomic E-state index is 13.3. The second kappa shape index (κ2) is 12.1. The van der Waals surface area contributed by atoms with Gasteiger partial charge in [0, 0.05) is 29.6 Å². The standard InChI is InChI=1S/C29H30ClN3O4/c1-3-32(4-2)19-24(34)18-31-28(35)27-16-20-9-5-6-14-26(20)33(27)23-12-8-13-25(17-23)37-29(36)21-10-7-11-22(30)15-21/h5-17,24,34H,3-4,18-19H2,1-2H3,(H,31,35). The molecule has 0 aliphatic carbocycles. The van der Waals surface area contributed by atoms with Crippen molar-refractivity contribution in [1.29, 1.82) is 0 Å². The fourth-order valence-electron chi connectivity index (χ4n) is 4.21. The number of rotatable bonds is 10. The van der Waals surface area contributed by atoms with Gasteiger partial charge in [-0.05, 0) is 55.6 Å². The highest BCUT2D eigenvalue weighted by atomic mass is 35.5. The third-order valence-electron chi connectivity index (χ3n) is 6.15. The zero-order valence-electron chi connectivity index (χ0n) is 20.9. The number of nitrogens with one attached hydrogen (secondary N) is 1. The summed E-state index contributed by atoms with van der Waals surface area (Å²) in [7, 11) is 0. The minimum atomic E-state index is -0.684. The van der Waals surface area contributed by atoms with Crippen molar-refractivity contribution in [3.8, 4) is 11.4 Å². The number of carbonyl (C=O) groups excluding carboxylic acids is 2. The number of amides is 1. The number of aliphatic hydroxyl groups is 1. The molecule has 0 bridgehead atoms. The summed E-state index contributed by atoms with van der Waals surface area (Å²) in [5.41, 5.74) is 2.24. The Kier molecular flexibility index (Phi) is 8.61. The molecule has 2 N–H and O–H groups in total. The maximum atomic E-state index is 13.3. The van der Waals surface area contributed by atoms with Gasteiger partial charge in [-0.1, -0.05) is 55.8 Å². The fourth-order valence-corrected chi connectivity index (χ4v) is 4.40. The van der Waals surface area contributed by atoms with Gasteiger partial charge in [0.05, 0.1) is 22.9 Å². The smallest absolute Gasteiger partial charge is 0.343 e. The van der Waals surface area contributed by atoms with Crippen LogP contribution >= 0.6 is 11.6 Å². The molecule has 0 saturated heterocycles. The molecule has 0 radical (unpaired) electrons. The number of aliphatic hydroxyl groups excluding tert-OH is 1. The van der Waals surface area contributed by atoms with Crippen molar-refractivity contribution in [2.75, 3.05) is 26.2 Å². The average Bonchev–Trinajstić information content (AvgIpc) is 3.30. The molecule has 1 heterocycles. The van der Waals surface area contributed by atoms with Crippen LogP contribution in [0.3, 0.4) is 0 Å². The average molecular weight is 520 g/mol. The fraction of sp³-hybridized carbons (Fsp3) is 0.241. The number of hydrogen-bond donors (Lipinski definition) is 2. The predicted molar refractivity (Wildman–Crippen MR) is 146 cm³/mol. The van der Waals surface area contributed by atoms with Crippen LogP contribution in [0.15, 0.2) is 78.9 Å². The minimum Gasteiger partial charge on any atom is -0.423 e. The zero-order chi connectivity index (χ0) is 26.4. The Labute approximate surface area is 221 Å². The number of nitrogens with zero attached hydrogens (tertiary/aromatic N) is 2. The Morgan fingerprint density at radius 3 is 2.51 bits per heavy atom. The molecule has 37 heavy (non-hydrogen) atoms. The summed E-state index contributed by atoms with van der Waals surface area (Å²) in [6.07, 6.45) is -0.684. The van der Waals surface area contributed by atoms with Gasteiger partial charge in [-0.25, -0.2) is 4.79 Å². The Balaban J connectivity index is 1.60. The number of esters is 1. The number of carbonyl (C=O) groups is 2. The number of para-hydroxylation sites is 1. The van der Waals surface area contributed by atoms with E-state index in [2.05, 4.69) is 10.2 Å². The number of halogens is 1. The van der Waals surface area contributed by atoms with Gasteiger partial charge in [0.25, 0.3) is 5.91 Å². The van der Waals surface area contributed by atoms with Crippen LogP contribution in [-0.2, 0) is 0 Å². The van der Waals surface area contributed by atoms with Crippen molar-refractivity contribution < 1.29 is 19.4 Å². The monoisotopic (exact) mass is 519 g/mol. The molecule has 1 amide bonds. The number of likely N-dealkylation sites (N-methyl/N-ethyl adjacent to an activating group) is 1. The van der Waals surface area contributed by atoms with Crippen LogP contribution in [0.1, 0.15) is 34.7 Å². The van der Waals surface area contributed by atoms with Crippen LogP contribution in [-0.4, -0.2) is 58.7 Å². The summed E-state index contributed by atoms with van der Waals surface area (Å²) >= 11 is 6.00. The second-order valence-corrected chi connectivity index (χ2v) is 9.11. The SMILES string of the molecule is CCN(CC)CC(O)CNC(=O)c1cc2ccccc2n1-c1cccc(OC(=O)c2cccc(Cl)c2)c1. The molecule has 4 rings (SSSR count). The van der Waals surface area contributed by atoms with Crippen LogP contribution < -0.4 is 10.1 Å². The molecular formula is C29H30ClN3O4. The maximum Gasteiger partial charge on any atom is 0.343 e. The predicted octanol–water partition coefficient (Wildman–Crippen LogP) is 4.94. The van der Waals surface area contributed by atoms with E-state index in [1.54, 1.807) is 42.5 Å². The third-order valence-corrected chi connectivity index (χ3v) is 6.39. The molecule has 7 nitrogen and oxygen atoms in total. The molecule has 3 aromatic carbocycles. The molecular weight excluding hydrogens is 490 g/mol. The van der Waals surface area contributed by atoms with E-state index in [0.717, 1.165) is 24.0 Å². The molecule has 192 valence electrons. The Hall–Kier alpha value is -3.65. The van der Waals surface area contributed by atoms with Crippen LogP contribution in [0, 0.1) is 0 Å². The second-order valence-electron chi connectivity index (χ2n) is 8.67. The first-order valence-electron chi connectivity index (χ1n) is 12.3. The third kappa shape index (κ3) is 6.38. The first kappa shape index (κ1) is 26.4. The van der Waals surface area contributed by atoms with Crippen LogP contribution in [0.4, 0.5) is 0 Å². The van der Waals surface area contributed by atoms with Crippen molar-refractivity contribution >= 4 is 34.4 Å². The summed E-state index contributed by atoms with van der Waals surface area (Å²) in [6.45, 7) is 6.34. The molecule has 0 saturated carbocycles. The van der Waals surface area contributed by atoms with Gasteiger partial charge < -0.3 is 24.6 Å². The first-order chi connectivity index (χ1) is 17.9. The van der Waals surface area contributed by atoms with E-state index in [-0.39, 0.29) is 12.5 Å². The molecule has 1 atom stereocenters. The number of aromatic nitrogens is 1. The molecule has 8 heteroatoms. The van der Waals surface area contributed by atoms with Crippen LogP contribution in [0.2, 0.25) is 5.02 Å². The number of fused-ring (bicyclic) bond motifs is 1. The number of ether oxygens (including phenoxy) is 1. The van der Waals surface area contributed by atoms with Gasteiger partial charge in [-0.2, -0.15) is 0 Å². The quantitative estimate of drug-likeness (QED) is 0.229. The molecule has 0 aliphatic rings. The van der Waals surface area contributed by atoms with E-state index in [9.17, 15) is 14.7 Å². The topological polar surface area (TPSA) is 83.8 Å². The minimum absolute atomic E-state index is 0.133. The first-order valence-corrected chi connectivity index (χ1v) is 12.6. The Bertz CT molecular complexity index is 1400. The Morgan fingerprint density at radius 1 is 1.00 bits per heavy atom. The van der Waals surface area contributed by atoms with Crippen molar-refractivity contribution in [3.05, 3.63) is 95.1 Å². The van der Waals surface area contributed by atoms with Gasteiger partial charge in [0.2, 0.25) is 0 Å². The van der Waals surface area contributed by atoms with Gasteiger partial charge in [0.15, 0.2) is 0 Å². The van der Waals surface area contributed by atoms with E-state index in [4.69, 9.17) is 16.3 Å². The summed E-state index contributed by atoms with van der Waals surface area (Å²) in [6, 6.07) is 23.0. The van der Waals surface area contributed by atoms with Crippen molar-refractivity contribution in [1.82, 2.24) is 14.8 Å². The molecule has 0 fully saturated rings. The summed E-state index contributed by atoms with van der Waals surface area (Å²) < 4.78 is 7.41. The van der Waals surface area contributed by atoms with Crippen LogP contribution in [0.5, 0.6) is 5.75 Å². The van der Waals surface area contributed by atoms with E-state index in [0.29, 0.717) is 34.3 Å². The lowest BCUT2D eigenvalue weighted by atomic mass is 10.2. The molecule has 1 aromatic heterocycles. The largest absolute Gasteiger partial charge is 0.423 e. The lowest BCUT2D eigenvalue weighted by molar-refractivity contribution is 0.0734. The Morgan fingerprint density at radius 2 is 1.76 bits per heavy atom. The molecule has 0 aliphatic heterocycles. The van der Waals surface area contributed by atoms with Crippen molar-refractivity contribution in [2.24, 2.45) is 0 Å². The normalized spacial score (nSPS) is 12.0. The molecule has 1 unspecified atom stereocenters. The van der Waals surface area contributed by atoms with Gasteiger partial charge in [-0.3, -0.25) is 4.79 Å². The zero-order valence-corrected chi connectivity index (χ0v) is 21.6. The summed E-state index contributed by atoms with van der Waals surface area (Å²) in [4.78, 5) is 28.0. The lowest BCUT2D eigenvalue weighted by Crippen LogP contribution is -2.40. The van der Waals surface area contributed by atoms with Gasteiger partial charge >= 0.3 is 5.97 Å². The van der Waals surface area contributed by atoms with E-state index < -0.39 is 12.1 Å². The summed E-state index contributed by atoms with van der Waals surface area (Å²) in [5, 5.41) is 14.6. The highest BCUT2D eigenvalue weighted by Crippen LogP contribution is 2.27. The van der Waals surface area contributed by atoms with Crippen LogP contribution in [0.25, 0.3) is 16.6 Å². The van der Waals surface area contributed by atoms with E-state index >= 15 is 0 Å². The number of hydrogen-bond acceptors (Lipinski definition) is 5. The van der Waals surface area contributed by atoms with E-state index in [1.165, 1.54) is 0 Å². The highest BCUT2D eigenvalue weighted by Gasteiger charge is 2.19. The van der Waals surface area contributed by atoms with Crippen molar-refractivity contribution in [3.63, 3.8) is 0 Å². The van der Waals surface area contributed by atoms with Gasteiger partial charge in [-0.15, -0.1) is 0 Å². The summed E-state index contributed by atoms with van der Waals surface area (Å²) in [5.74, 6) is -0.505. The van der Waals surface area contributed by atoms with Crippen molar-refractivity contribution in [2.45, 2.75) is 20.0 Å². The molecule has 4 aromatic rings. The van der Waals surface area contributed by atoms with E-state index in [1.807, 2.05) is 54.8 Å². The highest BCUT2D eigenvalue weighted by molar-refractivity contribution is 6.30. The lowest BCUT2D eigenvalue weighted by Gasteiger charge is -2.22.